The van der Waals surface area contributed by atoms with Crippen LogP contribution in [0.25, 0.3) is 16.6 Å². The Kier molecular flexibility index (Phi) is 4.98. The van der Waals surface area contributed by atoms with Gasteiger partial charge in [0.05, 0.1) is 35.5 Å². The van der Waals surface area contributed by atoms with E-state index in [-0.39, 0.29) is 0 Å². The summed E-state index contributed by atoms with van der Waals surface area (Å²) in [5, 5.41) is 5.86. The number of aryl methyl sites for hydroxylation is 1. The molecule has 1 aliphatic rings. The number of hydrogen-bond acceptors (Lipinski definition) is 5. The average molecular weight is 425 g/mol. The molecule has 0 unspecified atom stereocenters. The quantitative estimate of drug-likeness (QED) is 0.319. The minimum atomic E-state index is -0.461. The first-order valence-electron chi connectivity index (χ1n) is 10.6. The molecule has 6 nitrogen and oxygen atoms in total. The smallest absolute Gasteiger partial charge is 0.334 e. The molecule has 2 aromatic carbocycles. The fraction of sp³-hybridized carbons (Fsp3) is 0.192. The monoisotopic (exact) mass is 425 g/mol. The highest BCUT2D eigenvalue weighted by Gasteiger charge is 2.39. The molecule has 0 saturated heterocycles. The van der Waals surface area contributed by atoms with E-state index in [0.29, 0.717) is 17.3 Å². The van der Waals surface area contributed by atoms with Crippen molar-refractivity contribution in [1.82, 2.24) is 14.8 Å². The van der Waals surface area contributed by atoms with E-state index in [0.717, 1.165) is 46.3 Å². The van der Waals surface area contributed by atoms with E-state index in [1.165, 1.54) is 7.11 Å². The van der Waals surface area contributed by atoms with Crippen LogP contribution in [0.5, 0.6) is 11.8 Å². The highest BCUT2D eigenvalue weighted by atomic mass is 16.5. The number of carbonyl (C=O) groups excluding carboxylic acids is 1. The van der Waals surface area contributed by atoms with Gasteiger partial charge in [-0.2, -0.15) is 5.10 Å². The lowest BCUT2D eigenvalue weighted by molar-refractivity contribution is -0.136. The summed E-state index contributed by atoms with van der Waals surface area (Å²) in [6.07, 6.45) is 1.64. The third kappa shape index (κ3) is 3.15. The second kappa shape index (κ2) is 7.96. The van der Waals surface area contributed by atoms with Crippen molar-refractivity contribution in [2.24, 2.45) is 0 Å². The van der Waals surface area contributed by atoms with Crippen LogP contribution in [0, 0.1) is 0 Å². The summed E-state index contributed by atoms with van der Waals surface area (Å²) < 4.78 is 13.2. The topological polar surface area (TPSA) is 66.2 Å². The van der Waals surface area contributed by atoms with Crippen LogP contribution < -0.4 is 4.74 Å². The fourth-order valence-corrected chi connectivity index (χ4v) is 4.27. The van der Waals surface area contributed by atoms with Crippen molar-refractivity contribution >= 4 is 16.9 Å². The number of esters is 1. The van der Waals surface area contributed by atoms with Crippen LogP contribution in [0.15, 0.2) is 72.8 Å². The predicted molar refractivity (Wildman–Crippen MR) is 122 cm³/mol. The average Bonchev–Trinajstić information content (AvgIpc) is 3.19. The van der Waals surface area contributed by atoms with Crippen LogP contribution in [0.4, 0.5) is 0 Å². The molecule has 160 valence electrons. The lowest BCUT2D eigenvalue weighted by Crippen LogP contribution is -2.19. The van der Waals surface area contributed by atoms with E-state index < -0.39 is 11.9 Å². The molecule has 6 heteroatoms. The van der Waals surface area contributed by atoms with E-state index in [4.69, 9.17) is 19.6 Å². The van der Waals surface area contributed by atoms with Crippen molar-refractivity contribution in [2.45, 2.75) is 25.7 Å². The van der Waals surface area contributed by atoms with Crippen LogP contribution in [-0.4, -0.2) is 27.8 Å². The first kappa shape index (κ1) is 20.0. The first-order valence-corrected chi connectivity index (χ1v) is 10.6. The first-order chi connectivity index (χ1) is 15.6. The van der Waals surface area contributed by atoms with E-state index in [1.807, 2.05) is 60.7 Å². The minimum absolute atomic E-state index is 0.334. The molecule has 1 aliphatic heterocycles. The van der Waals surface area contributed by atoms with E-state index >= 15 is 0 Å². The van der Waals surface area contributed by atoms with Crippen molar-refractivity contribution < 1.29 is 14.3 Å². The van der Waals surface area contributed by atoms with Gasteiger partial charge in [-0.25, -0.2) is 14.5 Å². The number of ether oxygens (including phenoxy) is 2. The van der Waals surface area contributed by atoms with Crippen LogP contribution >= 0.6 is 0 Å². The van der Waals surface area contributed by atoms with Crippen LogP contribution in [0.1, 0.15) is 36.1 Å². The molecule has 0 fully saturated rings. The molecule has 0 spiro atoms. The lowest BCUT2D eigenvalue weighted by Gasteiger charge is -2.27. The van der Waals surface area contributed by atoms with Gasteiger partial charge < -0.3 is 9.47 Å². The number of benzene rings is 2. The van der Waals surface area contributed by atoms with Gasteiger partial charge in [-0.1, -0.05) is 56.3 Å². The molecule has 0 aliphatic carbocycles. The van der Waals surface area contributed by atoms with Gasteiger partial charge in [0.25, 0.3) is 0 Å². The molecule has 0 radical (unpaired) electrons. The maximum absolute atomic E-state index is 12.6. The summed E-state index contributed by atoms with van der Waals surface area (Å²) in [5.74, 6) is 0.0885. The lowest BCUT2D eigenvalue weighted by atomic mass is 9.83. The van der Waals surface area contributed by atoms with Crippen molar-refractivity contribution in [2.75, 3.05) is 7.11 Å². The Morgan fingerprint density at radius 1 is 1.16 bits per heavy atom. The molecule has 2 aromatic heterocycles. The number of hydrogen-bond donors (Lipinski definition) is 0. The zero-order valence-corrected chi connectivity index (χ0v) is 18.0. The summed E-state index contributed by atoms with van der Waals surface area (Å²) in [6.45, 7) is 6.22. The van der Waals surface area contributed by atoms with E-state index in [1.54, 1.807) is 4.68 Å². The van der Waals surface area contributed by atoms with Crippen molar-refractivity contribution in [3.63, 3.8) is 0 Å². The second-order valence-electron chi connectivity index (χ2n) is 7.79. The molecule has 32 heavy (non-hydrogen) atoms. The molecule has 0 bridgehead atoms. The third-order valence-electron chi connectivity index (χ3n) is 5.75. The molecule has 5 rings (SSSR count). The Balaban J connectivity index is 1.80. The largest absolute Gasteiger partial charge is 0.466 e. The summed E-state index contributed by atoms with van der Waals surface area (Å²) in [4.78, 5) is 17.4. The number of carbonyl (C=O) groups is 1. The zero-order valence-electron chi connectivity index (χ0n) is 18.0. The van der Waals surface area contributed by atoms with E-state index in [9.17, 15) is 4.79 Å². The predicted octanol–water partition coefficient (Wildman–Crippen LogP) is 5.34. The zero-order chi connectivity index (χ0) is 22.2. The molecule has 0 amide bonds. The second-order valence-corrected chi connectivity index (χ2v) is 7.79. The Labute approximate surface area is 186 Å². The van der Waals surface area contributed by atoms with Gasteiger partial charge in [0.1, 0.15) is 0 Å². The maximum atomic E-state index is 12.6. The Hall–Kier alpha value is -3.93. The molecule has 0 saturated carbocycles. The van der Waals surface area contributed by atoms with Gasteiger partial charge in [-0.15, -0.1) is 0 Å². The molecular formula is C26H23N3O3. The SMILES string of the molecule is C=C(C(=O)OC)[C@H]1c2cc3ccccc3nc2Oc2c1c(CCC)nn2-c1ccccc1. The summed E-state index contributed by atoms with van der Waals surface area (Å²) >= 11 is 0. The maximum Gasteiger partial charge on any atom is 0.334 e. The highest BCUT2D eigenvalue weighted by Crippen LogP contribution is 2.49. The number of para-hydroxylation sites is 2. The summed E-state index contributed by atoms with van der Waals surface area (Å²) in [5.41, 5.74) is 4.53. The van der Waals surface area contributed by atoms with Crippen LogP contribution in [0.2, 0.25) is 0 Å². The van der Waals surface area contributed by atoms with Gasteiger partial charge in [0, 0.05) is 16.5 Å². The molecule has 3 heterocycles. The summed E-state index contributed by atoms with van der Waals surface area (Å²) in [6, 6.07) is 19.7. The van der Waals surface area contributed by atoms with Gasteiger partial charge >= 0.3 is 5.97 Å². The Morgan fingerprint density at radius 2 is 1.91 bits per heavy atom. The molecule has 4 aromatic rings. The van der Waals surface area contributed by atoms with Crippen molar-refractivity contribution in [1.29, 1.82) is 0 Å². The molecular weight excluding hydrogens is 402 g/mol. The standard InChI is InChI=1S/C26H23N3O3/c1-4-10-21-23-22(16(2)26(30)31-3)19-15-17-11-8-9-14-20(17)27-24(19)32-25(23)29(28-21)18-12-6-5-7-13-18/h5-9,11-15,22H,2,4,10H2,1,3H3/t22-/m0/s1. The number of nitrogens with zero attached hydrogens (tertiary/aromatic N) is 3. The number of aromatic nitrogens is 3. The third-order valence-corrected chi connectivity index (χ3v) is 5.75. The van der Waals surface area contributed by atoms with E-state index in [2.05, 4.69) is 13.5 Å². The number of rotatable bonds is 5. The van der Waals surface area contributed by atoms with Gasteiger partial charge in [-0.05, 0) is 30.7 Å². The Morgan fingerprint density at radius 3 is 2.66 bits per heavy atom. The Bertz CT molecular complexity index is 1340. The fourth-order valence-electron chi connectivity index (χ4n) is 4.27. The van der Waals surface area contributed by atoms with Crippen LogP contribution in [-0.2, 0) is 16.0 Å². The number of fused-ring (bicyclic) bond motifs is 3. The number of pyridine rings is 1. The van der Waals surface area contributed by atoms with Crippen molar-refractivity contribution in [3.8, 4) is 17.4 Å². The molecule has 1 atom stereocenters. The molecule has 0 N–H and O–H groups in total. The van der Waals surface area contributed by atoms with Crippen molar-refractivity contribution in [3.05, 3.63) is 89.6 Å². The van der Waals surface area contributed by atoms with Gasteiger partial charge in [0.2, 0.25) is 11.8 Å². The minimum Gasteiger partial charge on any atom is -0.466 e. The summed E-state index contributed by atoms with van der Waals surface area (Å²) in [7, 11) is 1.37. The van der Waals surface area contributed by atoms with Crippen LogP contribution in [0.3, 0.4) is 0 Å². The number of methoxy groups -OCH3 is 1. The highest BCUT2D eigenvalue weighted by molar-refractivity contribution is 5.92. The van der Waals surface area contributed by atoms with Gasteiger partial charge in [0.15, 0.2) is 0 Å². The normalized spacial score (nSPS) is 14.4. The van der Waals surface area contributed by atoms with Gasteiger partial charge in [-0.3, -0.25) is 0 Å².